The minimum absolute atomic E-state index is 0.0786. The lowest BCUT2D eigenvalue weighted by atomic mass is 9.77. The number of hydrogen-bond donors (Lipinski definition) is 1. The van der Waals surface area contributed by atoms with Gasteiger partial charge in [0.25, 0.3) is 0 Å². The third kappa shape index (κ3) is 2.44. The maximum Gasteiger partial charge on any atom is 0.227 e. The quantitative estimate of drug-likeness (QED) is 0.893. The molecule has 1 unspecified atom stereocenters. The van der Waals surface area contributed by atoms with Gasteiger partial charge in [-0.2, -0.15) is 4.98 Å². The van der Waals surface area contributed by atoms with Gasteiger partial charge in [0.05, 0.1) is 5.69 Å². The van der Waals surface area contributed by atoms with E-state index in [9.17, 15) is 0 Å². The predicted octanol–water partition coefficient (Wildman–Crippen LogP) is 1.40. The van der Waals surface area contributed by atoms with E-state index in [1.807, 2.05) is 25.2 Å². The van der Waals surface area contributed by atoms with Gasteiger partial charge in [-0.3, -0.25) is 0 Å². The second-order valence-corrected chi connectivity index (χ2v) is 7.03. The lowest BCUT2D eigenvalue weighted by Crippen LogP contribution is -2.46. The van der Waals surface area contributed by atoms with Crippen LogP contribution in [0.15, 0.2) is 18.5 Å². The topological polar surface area (TPSA) is 84.1 Å². The number of aryl methyl sites for hydroxylation is 1. The molecule has 0 radical (unpaired) electrons. The molecule has 7 nitrogen and oxygen atoms in total. The molecular weight excluding hydrogens is 302 g/mol. The molecule has 126 valence electrons. The smallest absolute Gasteiger partial charge is 0.227 e. The van der Waals surface area contributed by atoms with Crippen LogP contribution in [0.2, 0.25) is 0 Å². The third-order valence-corrected chi connectivity index (χ3v) is 5.15. The van der Waals surface area contributed by atoms with E-state index in [0.717, 1.165) is 50.7 Å². The molecule has 0 bridgehead atoms. The van der Waals surface area contributed by atoms with Crippen molar-refractivity contribution in [1.29, 1.82) is 0 Å². The maximum atomic E-state index is 5.84. The van der Waals surface area contributed by atoms with Crippen LogP contribution in [0.4, 0.5) is 17.7 Å². The summed E-state index contributed by atoms with van der Waals surface area (Å²) in [5.74, 6) is 2.03. The highest BCUT2D eigenvalue weighted by molar-refractivity contribution is 5.44. The van der Waals surface area contributed by atoms with E-state index in [1.54, 1.807) is 12.3 Å². The van der Waals surface area contributed by atoms with Crippen LogP contribution in [0.25, 0.3) is 0 Å². The number of fused-ring (bicyclic) bond motifs is 2. The minimum Gasteiger partial charge on any atom is -0.384 e. The zero-order valence-electron chi connectivity index (χ0n) is 14.2. The summed E-state index contributed by atoms with van der Waals surface area (Å²) in [5.41, 5.74) is 8.42. The molecule has 2 N–H and O–H groups in total. The predicted molar refractivity (Wildman–Crippen MR) is 94.2 cm³/mol. The van der Waals surface area contributed by atoms with E-state index in [4.69, 9.17) is 10.7 Å². The molecule has 2 aliphatic rings. The Labute approximate surface area is 141 Å². The molecule has 3 heterocycles. The average molecular weight is 325 g/mol. The second-order valence-electron chi connectivity index (χ2n) is 7.03. The summed E-state index contributed by atoms with van der Waals surface area (Å²) in [6, 6.07) is 1.73. The summed E-state index contributed by atoms with van der Waals surface area (Å²) < 4.78 is 0. The molecule has 1 spiro atoms. The van der Waals surface area contributed by atoms with E-state index in [0.29, 0.717) is 5.82 Å². The Morgan fingerprint density at radius 3 is 2.88 bits per heavy atom. The molecule has 0 amide bonds. The van der Waals surface area contributed by atoms with E-state index in [-0.39, 0.29) is 5.41 Å². The molecule has 24 heavy (non-hydrogen) atoms. The van der Waals surface area contributed by atoms with Crippen LogP contribution in [-0.2, 0) is 11.8 Å². The van der Waals surface area contributed by atoms with Gasteiger partial charge in [0.15, 0.2) is 0 Å². The molecule has 1 atom stereocenters. The van der Waals surface area contributed by atoms with Crippen LogP contribution in [-0.4, -0.2) is 47.1 Å². The molecule has 7 heteroatoms. The van der Waals surface area contributed by atoms with Crippen LogP contribution in [0, 0.1) is 0 Å². The van der Waals surface area contributed by atoms with Crippen molar-refractivity contribution in [2.24, 2.45) is 0 Å². The Balaban J connectivity index is 1.69. The fourth-order valence-electron chi connectivity index (χ4n) is 3.96. The molecule has 2 aromatic heterocycles. The van der Waals surface area contributed by atoms with Gasteiger partial charge < -0.3 is 15.5 Å². The largest absolute Gasteiger partial charge is 0.384 e. The highest BCUT2D eigenvalue weighted by Gasteiger charge is 2.44. The number of rotatable bonds is 2. The lowest BCUT2D eigenvalue weighted by Gasteiger charge is -2.40. The fourth-order valence-corrected chi connectivity index (χ4v) is 3.96. The first-order chi connectivity index (χ1) is 11.6. The van der Waals surface area contributed by atoms with Crippen LogP contribution in [0.5, 0.6) is 0 Å². The molecule has 4 rings (SSSR count). The highest BCUT2D eigenvalue weighted by atomic mass is 15.3. The van der Waals surface area contributed by atoms with Gasteiger partial charge in [-0.25, -0.2) is 15.0 Å². The standard InChI is InChI=1S/C17H23N7/c1-23(2)15-20-10-12-4-7-17(14(12)22-15)6-3-9-24(11-17)16-19-8-5-13(18)21-16/h5,8,10H,3-4,6-7,9,11H2,1-2H3,(H2,18,19,21). The van der Waals surface area contributed by atoms with Crippen molar-refractivity contribution in [1.82, 2.24) is 19.9 Å². The van der Waals surface area contributed by atoms with Gasteiger partial charge in [-0.1, -0.05) is 0 Å². The first kappa shape index (κ1) is 15.1. The number of nitrogens with zero attached hydrogens (tertiary/aromatic N) is 6. The molecule has 0 saturated carbocycles. The van der Waals surface area contributed by atoms with Gasteiger partial charge in [0.1, 0.15) is 5.82 Å². The van der Waals surface area contributed by atoms with Crippen molar-refractivity contribution in [3.05, 3.63) is 29.7 Å². The second kappa shape index (κ2) is 5.58. The van der Waals surface area contributed by atoms with Crippen molar-refractivity contribution >= 4 is 17.7 Å². The summed E-state index contributed by atoms with van der Waals surface area (Å²) >= 11 is 0. The Hall–Kier alpha value is -2.44. The number of piperidine rings is 1. The number of anilines is 3. The summed E-state index contributed by atoms with van der Waals surface area (Å²) in [6.07, 6.45) is 8.17. The Morgan fingerprint density at radius 2 is 2.08 bits per heavy atom. The fraction of sp³-hybridized carbons (Fsp3) is 0.529. The summed E-state index contributed by atoms with van der Waals surface area (Å²) in [5, 5.41) is 0. The number of hydrogen-bond acceptors (Lipinski definition) is 7. The van der Waals surface area contributed by atoms with Crippen molar-refractivity contribution in [2.75, 3.05) is 42.7 Å². The molecule has 1 aliphatic heterocycles. The normalized spacial score (nSPS) is 22.7. The average Bonchev–Trinajstić information content (AvgIpc) is 2.92. The molecule has 1 fully saturated rings. The maximum absolute atomic E-state index is 5.84. The van der Waals surface area contributed by atoms with E-state index < -0.39 is 0 Å². The van der Waals surface area contributed by atoms with Gasteiger partial charge in [0.2, 0.25) is 11.9 Å². The highest BCUT2D eigenvalue weighted by Crippen LogP contribution is 2.44. The van der Waals surface area contributed by atoms with Crippen LogP contribution >= 0.6 is 0 Å². The van der Waals surface area contributed by atoms with Crippen molar-refractivity contribution in [3.8, 4) is 0 Å². The molecule has 1 saturated heterocycles. The van der Waals surface area contributed by atoms with Crippen LogP contribution in [0.1, 0.15) is 30.5 Å². The first-order valence-corrected chi connectivity index (χ1v) is 8.45. The Bertz CT molecular complexity index is 756. The van der Waals surface area contributed by atoms with E-state index in [2.05, 4.69) is 19.9 Å². The summed E-state index contributed by atoms with van der Waals surface area (Å²) in [6.45, 7) is 1.86. The van der Waals surface area contributed by atoms with E-state index >= 15 is 0 Å². The molecule has 1 aliphatic carbocycles. The van der Waals surface area contributed by atoms with Gasteiger partial charge in [-0.15, -0.1) is 0 Å². The van der Waals surface area contributed by atoms with Gasteiger partial charge in [0, 0.05) is 45.0 Å². The van der Waals surface area contributed by atoms with Crippen LogP contribution < -0.4 is 15.5 Å². The third-order valence-electron chi connectivity index (χ3n) is 5.15. The minimum atomic E-state index is 0.0786. The summed E-state index contributed by atoms with van der Waals surface area (Å²) in [7, 11) is 3.97. The number of aromatic nitrogens is 4. The van der Waals surface area contributed by atoms with Gasteiger partial charge in [-0.05, 0) is 37.3 Å². The molecule has 0 aromatic carbocycles. The van der Waals surface area contributed by atoms with E-state index in [1.165, 1.54) is 11.3 Å². The van der Waals surface area contributed by atoms with Gasteiger partial charge >= 0.3 is 0 Å². The summed E-state index contributed by atoms with van der Waals surface area (Å²) in [4.78, 5) is 22.4. The lowest BCUT2D eigenvalue weighted by molar-refractivity contribution is 0.332. The Kier molecular flexibility index (Phi) is 3.51. The SMILES string of the molecule is CN(C)c1ncc2c(n1)C1(CCCN(c3nccc(N)n3)C1)CC2. The molecular formula is C17H23N7. The number of nitrogens with two attached hydrogens (primary N) is 1. The van der Waals surface area contributed by atoms with Crippen molar-refractivity contribution in [2.45, 2.75) is 31.1 Å². The monoisotopic (exact) mass is 325 g/mol. The number of nitrogen functional groups attached to an aromatic ring is 1. The van der Waals surface area contributed by atoms with Crippen LogP contribution in [0.3, 0.4) is 0 Å². The van der Waals surface area contributed by atoms with Crippen molar-refractivity contribution < 1.29 is 0 Å². The molecule has 2 aromatic rings. The van der Waals surface area contributed by atoms with Crippen molar-refractivity contribution in [3.63, 3.8) is 0 Å². The first-order valence-electron chi connectivity index (χ1n) is 8.45. The Morgan fingerprint density at radius 1 is 1.21 bits per heavy atom. The zero-order valence-corrected chi connectivity index (χ0v) is 14.2. The zero-order chi connectivity index (χ0) is 16.7.